The number of esters is 1. The van der Waals surface area contributed by atoms with E-state index in [2.05, 4.69) is 50.6 Å². The van der Waals surface area contributed by atoms with E-state index in [-0.39, 0.29) is 12.4 Å². The predicted octanol–water partition coefficient (Wildman–Crippen LogP) is 3.29. The van der Waals surface area contributed by atoms with E-state index in [0.29, 0.717) is 12.1 Å². The fourth-order valence-electron chi connectivity index (χ4n) is 1.08. The van der Waals surface area contributed by atoms with Crippen LogP contribution in [0.25, 0.3) is 0 Å². The van der Waals surface area contributed by atoms with Gasteiger partial charge in [-0.2, -0.15) is 5.23 Å². The smallest absolute Gasteiger partial charge is 0.305 e. The van der Waals surface area contributed by atoms with Gasteiger partial charge >= 0.3 is 5.97 Å². The summed E-state index contributed by atoms with van der Waals surface area (Å²) in [6.45, 7) is 16.4. The molecule has 0 amide bonds. The molecule has 0 atom stereocenters. The van der Waals surface area contributed by atoms with Crippen LogP contribution in [0.5, 0.6) is 0 Å². The topological polar surface area (TPSA) is 48.0 Å². The lowest BCUT2D eigenvalue weighted by Crippen LogP contribution is -2.43. The molecule has 0 aliphatic carbocycles. The first-order chi connectivity index (χ1) is 8.44. The summed E-state index contributed by atoms with van der Waals surface area (Å²) in [4.78, 5) is 11.2. The van der Waals surface area contributed by atoms with Gasteiger partial charge in [-0.1, -0.05) is 6.58 Å². The summed E-state index contributed by atoms with van der Waals surface area (Å²) in [6, 6.07) is 0. The Bertz CT molecular complexity index is 305. The molecule has 0 bridgehead atoms. The summed E-state index contributed by atoms with van der Waals surface area (Å²) in [6.07, 6.45) is 0.734. The fraction of sp³-hybridized carbons (Fsp3) is 0.750. The molecule has 5 nitrogen and oxygen atoms in total. The highest BCUT2D eigenvalue weighted by Crippen LogP contribution is 2.20. The average molecular weight is 306 g/mol. The predicted molar refractivity (Wildman–Crippen MR) is 81.1 cm³/mol. The number of allylic oxidation sites excluding steroid dienone is 1. The molecule has 0 saturated carbocycles. The van der Waals surface area contributed by atoms with Crippen LogP contribution in [0.3, 0.4) is 0 Å². The van der Waals surface area contributed by atoms with Crippen LogP contribution >= 0.6 is 0 Å². The number of carbonyl (C=O) groups excluding carboxylic acids is 1. The summed E-state index contributed by atoms with van der Waals surface area (Å²) in [7, 11) is -2.23. The number of ether oxygens (including phenoxy) is 1. The molecule has 7 heteroatoms. The van der Waals surface area contributed by atoms with Crippen molar-refractivity contribution < 1.29 is 18.6 Å². The number of hydroxylamine groups is 2. The summed E-state index contributed by atoms with van der Waals surface area (Å²) >= 11 is 0. The summed E-state index contributed by atoms with van der Waals surface area (Å²) in [5.74, 6) is -0.262. The number of methoxy groups -OCH3 is 1. The number of hydrogen-bond acceptors (Lipinski definition) is 5. The molecule has 112 valence electrons. The Morgan fingerprint density at radius 1 is 1.00 bits per heavy atom. The van der Waals surface area contributed by atoms with Gasteiger partial charge in [0.1, 0.15) is 0 Å². The van der Waals surface area contributed by atoms with Crippen LogP contribution in [0.1, 0.15) is 12.8 Å². The molecular weight excluding hydrogens is 278 g/mol. The van der Waals surface area contributed by atoms with Crippen molar-refractivity contribution in [2.75, 3.05) is 7.11 Å². The third-order valence-electron chi connectivity index (χ3n) is 1.82. The minimum Gasteiger partial charge on any atom is -0.469 e. The highest BCUT2D eigenvalue weighted by molar-refractivity contribution is 6.70. The molecular formula is C12H27NO4Si2. The molecule has 0 fully saturated rings. The van der Waals surface area contributed by atoms with Crippen molar-refractivity contribution in [3.63, 3.8) is 0 Å². The van der Waals surface area contributed by atoms with E-state index in [4.69, 9.17) is 9.05 Å². The van der Waals surface area contributed by atoms with Crippen LogP contribution < -0.4 is 0 Å². The lowest BCUT2D eigenvalue weighted by Gasteiger charge is -2.35. The van der Waals surface area contributed by atoms with E-state index in [1.165, 1.54) is 12.3 Å². The molecule has 0 aliphatic heterocycles. The van der Waals surface area contributed by atoms with Crippen molar-refractivity contribution in [1.29, 1.82) is 0 Å². The number of carbonyl (C=O) groups is 1. The summed E-state index contributed by atoms with van der Waals surface area (Å²) in [5.41, 5.74) is 0.648. The van der Waals surface area contributed by atoms with Gasteiger partial charge in [-0.05, 0) is 39.3 Å². The molecule has 0 aromatic rings. The summed E-state index contributed by atoms with van der Waals surface area (Å²) in [5, 5.41) is 1.43. The average Bonchev–Trinajstić information content (AvgIpc) is 2.20. The van der Waals surface area contributed by atoms with Crippen molar-refractivity contribution in [1.82, 2.24) is 5.23 Å². The maximum absolute atomic E-state index is 11.2. The number of rotatable bonds is 8. The molecule has 0 radical (unpaired) electrons. The molecule has 0 N–H and O–H groups in total. The van der Waals surface area contributed by atoms with Gasteiger partial charge in [0, 0.05) is 6.42 Å². The van der Waals surface area contributed by atoms with Gasteiger partial charge in [-0.3, -0.25) is 13.8 Å². The first kappa shape index (κ1) is 18.4. The van der Waals surface area contributed by atoms with Gasteiger partial charge in [0.25, 0.3) is 0 Å². The Labute approximate surface area is 118 Å². The second-order valence-electron chi connectivity index (χ2n) is 6.31. The minimum atomic E-state index is -1.80. The maximum atomic E-state index is 11.2. The quantitative estimate of drug-likeness (QED) is 0.391. The molecule has 0 saturated heterocycles. The van der Waals surface area contributed by atoms with Gasteiger partial charge in [0.15, 0.2) is 0 Å². The zero-order chi connectivity index (χ0) is 15.3. The fourth-order valence-corrected chi connectivity index (χ4v) is 2.49. The molecule has 0 aromatic heterocycles. The van der Waals surface area contributed by atoms with E-state index in [0.717, 1.165) is 0 Å². The third-order valence-corrected chi connectivity index (χ3v) is 3.24. The minimum absolute atomic E-state index is 0.262. The van der Waals surface area contributed by atoms with Crippen LogP contribution in [0.15, 0.2) is 12.3 Å². The molecule has 0 spiro atoms. The van der Waals surface area contributed by atoms with Crippen LogP contribution in [0.4, 0.5) is 0 Å². The maximum Gasteiger partial charge on any atom is 0.305 e. The van der Waals surface area contributed by atoms with Crippen molar-refractivity contribution in [3.05, 3.63) is 12.3 Å². The molecule has 0 unspecified atom stereocenters. The van der Waals surface area contributed by atoms with Gasteiger partial charge in [-0.15, -0.1) is 0 Å². The van der Waals surface area contributed by atoms with E-state index in [1.807, 2.05) is 0 Å². The molecule has 19 heavy (non-hydrogen) atoms. The Hall–Kier alpha value is -0.636. The van der Waals surface area contributed by atoms with Crippen LogP contribution in [0.2, 0.25) is 39.3 Å². The largest absolute Gasteiger partial charge is 0.469 e. The van der Waals surface area contributed by atoms with Crippen molar-refractivity contribution in [2.24, 2.45) is 0 Å². The monoisotopic (exact) mass is 305 g/mol. The van der Waals surface area contributed by atoms with Gasteiger partial charge in [0.2, 0.25) is 16.6 Å². The lowest BCUT2D eigenvalue weighted by atomic mass is 10.2. The standard InChI is InChI=1S/C12H27NO4Si2/c1-11(9-10-12(14)15-2)13(16-18(3,4)5)17-19(6,7)8/h1,9-10H2,2-8H3. The molecule has 0 aromatic carbocycles. The van der Waals surface area contributed by atoms with Crippen molar-refractivity contribution >= 4 is 22.6 Å². The zero-order valence-electron chi connectivity index (χ0n) is 13.2. The Balaban J connectivity index is 4.64. The number of hydrogen-bond donors (Lipinski definition) is 0. The van der Waals surface area contributed by atoms with Gasteiger partial charge in [0.05, 0.1) is 19.2 Å². The Morgan fingerprint density at radius 3 is 1.74 bits per heavy atom. The van der Waals surface area contributed by atoms with Gasteiger partial charge in [-0.25, -0.2) is 0 Å². The number of nitrogens with zero attached hydrogens (tertiary/aromatic N) is 1. The van der Waals surface area contributed by atoms with E-state index in [1.54, 1.807) is 0 Å². The Kier molecular flexibility index (Phi) is 6.99. The first-order valence-electron chi connectivity index (χ1n) is 6.37. The second kappa shape index (κ2) is 7.23. The zero-order valence-corrected chi connectivity index (χ0v) is 15.2. The SMILES string of the molecule is C=C(CCC(=O)OC)N(O[Si](C)(C)C)O[Si](C)(C)C. The first-order valence-corrected chi connectivity index (χ1v) is 13.2. The van der Waals surface area contributed by atoms with E-state index in [9.17, 15) is 4.79 Å². The van der Waals surface area contributed by atoms with Crippen LogP contribution in [-0.4, -0.2) is 34.9 Å². The normalized spacial score (nSPS) is 12.2. The second-order valence-corrected chi connectivity index (χ2v) is 15.1. The Morgan fingerprint density at radius 2 is 1.42 bits per heavy atom. The molecule has 0 rings (SSSR count). The van der Waals surface area contributed by atoms with Gasteiger partial charge < -0.3 is 4.74 Å². The third kappa shape index (κ3) is 9.88. The van der Waals surface area contributed by atoms with Crippen molar-refractivity contribution in [2.45, 2.75) is 52.1 Å². The van der Waals surface area contributed by atoms with E-state index < -0.39 is 16.6 Å². The molecule has 0 aliphatic rings. The lowest BCUT2D eigenvalue weighted by molar-refractivity contribution is -0.244. The molecule has 0 heterocycles. The summed E-state index contributed by atoms with van der Waals surface area (Å²) < 4.78 is 16.4. The highest BCUT2D eigenvalue weighted by Gasteiger charge is 2.27. The highest BCUT2D eigenvalue weighted by atomic mass is 28.4. The van der Waals surface area contributed by atoms with Crippen LogP contribution in [0, 0.1) is 0 Å². The van der Waals surface area contributed by atoms with Crippen LogP contribution in [-0.2, 0) is 18.6 Å². The van der Waals surface area contributed by atoms with E-state index >= 15 is 0 Å². The van der Waals surface area contributed by atoms with Crippen molar-refractivity contribution in [3.8, 4) is 0 Å².